The van der Waals surface area contributed by atoms with Crippen LogP contribution in [0, 0.1) is 0 Å². The molecule has 7 nitrogen and oxygen atoms in total. The Bertz CT molecular complexity index is 889. The summed E-state index contributed by atoms with van der Waals surface area (Å²) in [6.07, 6.45) is 1.20. The molecule has 2 aromatic carbocycles. The van der Waals surface area contributed by atoms with Crippen molar-refractivity contribution in [2.45, 2.75) is 6.54 Å². The number of aromatic nitrogens is 1. The van der Waals surface area contributed by atoms with Gasteiger partial charge in [-0.1, -0.05) is 30.3 Å². The van der Waals surface area contributed by atoms with Crippen molar-refractivity contribution >= 4 is 17.8 Å². The van der Waals surface area contributed by atoms with Crippen molar-refractivity contribution in [2.24, 2.45) is 0 Å². The highest BCUT2D eigenvalue weighted by molar-refractivity contribution is 6.03. The molecule has 1 heterocycles. The Morgan fingerprint density at radius 2 is 1.77 bits per heavy atom. The maximum atomic E-state index is 12.1. The van der Waals surface area contributed by atoms with E-state index in [-0.39, 0.29) is 17.6 Å². The molecule has 0 aliphatic rings. The zero-order chi connectivity index (χ0) is 18.4. The van der Waals surface area contributed by atoms with Gasteiger partial charge in [0.25, 0.3) is 11.8 Å². The van der Waals surface area contributed by atoms with E-state index in [1.54, 1.807) is 31.4 Å². The average molecular weight is 351 g/mol. The van der Waals surface area contributed by atoms with Crippen molar-refractivity contribution in [1.29, 1.82) is 0 Å². The second-order valence-corrected chi connectivity index (χ2v) is 5.39. The number of oxazole rings is 1. The van der Waals surface area contributed by atoms with Crippen LogP contribution >= 0.6 is 0 Å². The minimum absolute atomic E-state index is 0.0338. The van der Waals surface area contributed by atoms with E-state index >= 15 is 0 Å². The monoisotopic (exact) mass is 351 g/mol. The van der Waals surface area contributed by atoms with Crippen molar-refractivity contribution in [2.75, 3.05) is 12.4 Å². The van der Waals surface area contributed by atoms with Crippen LogP contribution in [-0.2, 0) is 6.54 Å². The van der Waals surface area contributed by atoms with Crippen LogP contribution < -0.4 is 15.4 Å². The standard InChI is InChI=1S/C19H17N3O4/c1-25-15-9-7-13(8-10-15)11-20-18(24)16-12-26-19(21-16)22-17(23)14-5-3-2-4-6-14/h2-10,12H,11H2,1H3,(H,20,24)(H,21,22,23). The number of rotatable bonds is 6. The van der Waals surface area contributed by atoms with E-state index in [0.717, 1.165) is 11.3 Å². The van der Waals surface area contributed by atoms with Gasteiger partial charge in [0, 0.05) is 12.1 Å². The number of nitrogens with one attached hydrogen (secondary N) is 2. The molecule has 3 rings (SSSR count). The summed E-state index contributed by atoms with van der Waals surface area (Å²) in [6.45, 7) is 0.335. The molecule has 0 saturated carbocycles. The second kappa shape index (κ2) is 7.98. The van der Waals surface area contributed by atoms with Gasteiger partial charge in [-0.2, -0.15) is 4.98 Å². The van der Waals surface area contributed by atoms with E-state index in [1.807, 2.05) is 30.3 Å². The molecule has 2 N–H and O–H groups in total. The van der Waals surface area contributed by atoms with Gasteiger partial charge in [0.05, 0.1) is 7.11 Å². The van der Waals surface area contributed by atoms with Gasteiger partial charge < -0.3 is 14.5 Å². The van der Waals surface area contributed by atoms with Gasteiger partial charge in [-0.3, -0.25) is 14.9 Å². The van der Waals surface area contributed by atoms with Gasteiger partial charge in [0.1, 0.15) is 12.0 Å². The van der Waals surface area contributed by atoms with Crippen LogP contribution in [0.15, 0.2) is 65.3 Å². The highest BCUT2D eigenvalue weighted by Gasteiger charge is 2.14. The summed E-state index contributed by atoms with van der Waals surface area (Å²) in [5, 5.41) is 5.25. The van der Waals surface area contributed by atoms with Crippen LogP contribution in [0.2, 0.25) is 0 Å². The molecule has 0 radical (unpaired) electrons. The number of amides is 2. The molecular weight excluding hydrogens is 334 g/mol. The molecule has 0 spiro atoms. The fourth-order valence-corrected chi connectivity index (χ4v) is 2.21. The quantitative estimate of drug-likeness (QED) is 0.712. The van der Waals surface area contributed by atoms with E-state index in [9.17, 15) is 9.59 Å². The van der Waals surface area contributed by atoms with Crippen molar-refractivity contribution in [3.8, 4) is 5.75 Å². The molecule has 0 saturated heterocycles. The zero-order valence-corrected chi connectivity index (χ0v) is 14.1. The highest BCUT2D eigenvalue weighted by atomic mass is 16.5. The summed E-state index contributed by atoms with van der Waals surface area (Å²) in [7, 11) is 1.59. The van der Waals surface area contributed by atoms with Crippen LogP contribution in [-0.4, -0.2) is 23.9 Å². The molecule has 26 heavy (non-hydrogen) atoms. The second-order valence-electron chi connectivity index (χ2n) is 5.39. The van der Waals surface area contributed by atoms with Gasteiger partial charge >= 0.3 is 6.01 Å². The predicted octanol–water partition coefficient (Wildman–Crippen LogP) is 2.87. The fourth-order valence-electron chi connectivity index (χ4n) is 2.21. The smallest absolute Gasteiger partial charge is 0.302 e. The highest BCUT2D eigenvalue weighted by Crippen LogP contribution is 2.12. The van der Waals surface area contributed by atoms with Crippen LogP contribution in [0.5, 0.6) is 5.75 Å². The van der Waals surface area contributed by atoms with Gasteiger partial charge in [-0.15, -0.1) is 0 Å². The molecule has 0 aliphatic carbocycles. The number of carbonyl (C=O) groups excluding carboxylic acids is 2. The third kappa shape index (κ3) is 4.27. The first-order chi connectivity index (χ1) is 12.7. The van der Waals surface area contributed by atoms with Crippen molar-refractivity contribution < 1.29 is 18.7 Å². The third-order valence-corrected chi connectivity index (χ3v) is 3.61. The Kier molecular flexibility index (Phi) is 5.28. The Hall–Kier alpha value is -3.61. The summed E-state index contributed by atoms with van der Waals surface area (Å²) in [4.78, 5) is 28.2. The van der Waals surface area contributed by atoms with E-state index < -0.39 is 5.91 Å². The lowest BCUT2D eigenvalue weighted by atomic mass is 10.2. The first kappa shape index (κ1) is 17.2. The maximum absolute atomic E-state index is 12.1. The molecule has 0 bridgehead atoms. The Morgan fingerprint density at radius 3 is 2.46 bits per heavy atom. The number of ether oxygens (including phenoxy) is 1. The largest absolute Gasteiger partial charge is 0.497 e. The molecule has 0 aliphatic heterocycles. The van der Waals surface area contributed by atoms with E-state index in [0.29, 0.717) is 12.1 Å². The van der Waals surface area contributed by atoms with Gasteiger partial charge in [-0.05, 0) is 29.8 Å². The summed E-state index contributed by atoms with van der Waals surface area (Å²) < 4.78 is 10.2. The zero-order valence-electron chi connectivity index (χ0n) is 14.1. The van der Waals surface area contributed by atoms with Crippen LogP contribution in [0.1, 0.15) is 26.4 Å². The van der Waals surface area contributed by atoms with Crippen LogP contribution in [0.25, 0.3) is 0 Å². The normalized spacial score (nSPS) is 10.2. The number of hydrogen-bond acceptors (Lipinski definition) is 5. The number of benzene rings is 2. The molecule has 7 heteroatoms. The summed E-state index contributed by atoms with van der Waals surface area (Å²) in [5.41, 5.74) is 1.47. The van der Waals surface area contributed by atoms with Crippen LogP contribution in [0.4, 0.5) is 6.01 Å². The lowest BCUT2D eigenvalue weighted by molar-refractivity contribution is 0.0944. The average Bonchev–Trinajstić information content (AvgIpc) is 3.15. The number of nitrogens with zero attached hydrogens (tertiary/aromatic N) is 1. The lowest BCUT2D eigenvalue weighted by Gasteiger charge is -2.04. The number of methoxy groups -OCH3 is 1. The molecule has 0 atom stereocenters. The van der Waals surface area contributed by atoms with E-state index in [4.69, 9.17) is 9.15 Å². The fraction of sp³-hybridized carbons (Fsp3) is 0.105. The minimum Gasteiger partial charge on any atom is -0.497 e. The van der Waals surface area contributed by atoms with Crippen LogP contribution in [0.3, 0.4) is 0 Å². The lowest BCUT2D eigenvalue weighted by Crippen LogP contribution is -2.23. The molecule has 0 fully saturated rings. The van der Waals surface area contributed by atoms with E-state index in [1.165, 1.54) is 6.26 Å². The van der Waals surface area contributed by atoms with E-state index in [2.05, 4.69) is 15.6 Å². The maximum Gasteiger partial charge on any atom is 0.302 e. The molecule has 2 amide bonds. The van der Waals surface area contributed by atoms with Gasteiger partial charge in [-0.25, -0.2) is 0 Å². The summed E-state index contributed by atoms with van der Waals surface area (Å²) >= 11 is 0. The Balaban J connectivity index is 1.56. The molecule has 0 unspecified atom stereocenters. The predicted molar refractivity (Wildman–Crippen MR) is 95.1 cm³/mol. The molecule has 132 valence electrons. The molecule has 1 aromatic heterocycles. The van der Waals surface area contributed by atoms with Gasteiger partial charge in [0.2, 0.25) is 0 Å². The number of carbonyl (C=O) groups is 2. The molecular formula is C19H17N3O4. The van der Waals surface area contributed by atoms with Crippen molar-refractivity contribution in [3.05, 3.63) is 77.7 Å². The number of anilines is 1. The number of hydrogen-bond donors (Lipinski definition) is 2. The SMILES string of the molecule is COc1ccc(CNC(=O)c2coc(NC(=O)c3ccccc3)n2)cc1. The Morgan fingerprint density at radius 1 is 1.04 bits per heavy atom. The summed E-state index contributed by atoms with van der Waals surface area (Å²) in [6, 6.07) is 16.0. The third-order valence-electron chi connectivity index (χ3n) is 3.61. The first-order valence-electron chi connectivity index (χ1n) is 7.89. The minimum atomic E-state index is -0.398. The molecule has 3 aromatic rings. The van der Waals surface area contributed by atoms with Crippen molar-refractivity contribution in [1.82, 2.24) is 10.3 Å². The van der Waals surface area contributed by atoms with Gasteiger partial charge in [0.15, 0.2) is 5.69 Å². The van der Waals surface area contributed by atoms with Crippen molar-refractivity contribution in [3.63, 3.8) is 0 Å². The Labute approximate surface area is 150 Å². The summed E-state index contributed by atoms with van der Waals surface area (Å²) in [5.74, 6) is -0.0159. The topological polar surface area (TPSA) is 93.5 Å². The first-order valence-corrected chi connectivity index (χ1v) is 7.89.